The van der Waals surface area contributed by atoms with Crippen LogP contribution in [0.5, 0.6) is 11.5 Å². The zero-order valence-electron chi connectivity index (χ0n) is 11.3. The Morgan fingerprint density at radius 1 is 1.20 bits per heavy atom. The molecule has 4 nitrogen and oxygen atoms in total. The maximum atomic E-state index is 9.57. The molecule has 102 valence electrons. The second kappa shape index (κ2) is 5.67. The maximum absolute atomic E-state index is 9.57. The summed E-state index contributed by atoms with van der Waals surface area (Å²) in [7, 11) is 1.12. The van der Waals surface area contributed by atoms with Gasteiger partial charge < -0.3 is 19.7 Å². The van der Waals surface area contributed by atoms with E-state index in [0.29, 0.717) is 6.61 Å². The minimum Gasteiger partial charge on any atom is -0.457 e. The fourth-order valence-electron chi connectivity index (χ4n) is 2.29. The zero-order chi connectivity index (χ0) is 13.9. The maximum Gasteiger partial charge on any atom is 0.491 e. The second-order valence-corrected chi connectivity index (χ2v) is 4.80. The van der Waals surface area contributed by atoms with Crippen molar-refractivity contribution in [2.45, 2.75) is 13.2 Å². The van der Waals surface area contributed by atoms with Crippen molar-refractivity contribution >= 4 is 12.6 Å². The Balaban J connectivity index is 1.74. The smallest absolute Gasteiger partial charge is 0.457 e. The molecule has 20 heavy (non-hydrogen) atoms. The lowest BCUT2D eigenvalue weighted by Gasteiger charge is -2.08. The molecular weight excluding hydrogens is 253 g/mol. The molecule has 2 aromatic carbocycles. The van der Waals surface area contributed by atoms with Crippen molar-refractivity contribution in [1.29, 1.82) is 0 Å². The molecule has 2 aromatic rings. The fraction of sp³-hybridized carbons (Fsp3) is 0.200. The van der Waals surface area contributed by atoms with E-state index in [4.69, 9.17) is 9.39 Å². The van der Waals surface area contributed by atoms with Crippen molar-refractivity contribution in [3.63, 3.8) is 0 Å². The lowest BCUT2D eigenvalue weighted by atomic mass is 9.80. The summed E-state index contributed by atoms with van der Waals surface area (Å²) >= 11 is 0. The van der Waals surface area contributed by atoms with E-state index in [-0.39, 0.29) is 0 Å². The zero-order valence-corrected chi connectivity index (χ0v) is 11.3. The van der Waals surface area contributed by atoms with Crippen LogP contribution in [0.4, 0.5) is 0 Å². The summed E-state index contributed by atoms with van der Waals surface area (Å²) in [5.74, 6) is 1.55. The monoisotopic (exact) mass is 269 g/mol. The normalized spacial score (nSPS) is 13.4. The standard InChI is InChI=1S/C15H16BNO3/c1-17-9-11-2-4-13(5-3-11)20-14-6-7-15-12(8-14)10-19-16(15)18/h2-8,17-18H,9-10H2,1H3. The number of rotatable bonds is 4. The van der Waals surface area contributed by atoms with E-state index in [0.717, 1.165) is 29.1 Å². The molecule has 0 unspecified atom stereocenters. The van der Waals surface area contributed by atoms with Crippen LogP contribution in [0.2, 0.25) is 0 Å². The number of nitrogens with one attached hydrogen (secondary N) is 1. The van der Waals surface area contributed by atoms with Crippen LogP contribution in [0, 0.1) is 0 Å². The number of ether oxygens (including phenoxy) is 1. The molecular formula is C15H16BNO3. The first-order valence-corrected chi connectivity index (χ1v) is 6.60. The van der Waals surface area contributed by atoms with E-state index in [1.165, 1.54) is 5.56 Å². The molecule has 0 radical (unpaired) electrons. The Morgan fingerprint density at radius 2 is 1.95 bits per heavy atom. The molecule has 0 amide bonds. The first-order chi connectivity index (χ1) is 9.76. The van der Waals surface area contributed by atoms with Gasteiger partial charge in [0.2, 0.25) is 0 Å². The second-order valence-electron chi connectivity index (χ2n) is 4.80. The van der Waals surface area contributed by atoms with Crippen LogP contribution in [0.1, 0.15) is 11.1 Å². The molecule has 5 heteroatoms. The first-order valence-electron chi connectivity index (χ1n) is 6.60. The molecule has 2 N–H and O–H groups in total. The van der Waals surface area contributed by atoms with Gasteiger partial charge >= 0.3 is 7.12 Å². The van der Waals surface area contributed by atoms with Gasteiger partial charge in [0, 0.05) is 6.54 Å². The van der Waals surface area contributed by atoms with E-state index < -0.39 is 7.12 Å². The minimum atomic E-state index is -0.806. The van der Waals surface area contributed by atoms with Gasteiger partial charge in [0.1, 0.15) is 11.5 Å². The summed E-state index contributed by atoms with van der Waals surface area (Å²) in [5, 5.41) is 12.7. The third kappa shape index (κ3) is 2.70. The predicted octanol–water partition coefficient (Wildman–Crippen LogP) is 1.42. The van der Waals surface area contributed by atoms with E-state index in [1.54, 1.807) is 0 Å². The summed E-state index contributed by atoms with van der Waals surface area (Å²) in [4.78, 5) is 0. The summed E-state index contributed by atoms with van der Waals surface area (Å²) in [6.45, 7) is 1.27. The predicted molar refractivity (Wildman–Crippen MR) is 78.1 cm³/mol. The SMILES string of the molecule is CNCc1ccc(Oc2ccc3c(c2)COB3O)cc1. The first kappa shape index (κ1) is 13.2. The molecule has 3 rings (SSSR count). The van der Waals surface area contributed by atoms with Gasteiger partial charge in [0.25, 0.3) is 0 Å². The molecule has 0 saturated carbocycles. The van der Waals surface area contributed by atoms with Crippen LogP contribution in [0.3, 0.4) is 0 Å². The van der Waals surface area contributed by atoms with Gasteiger partial charge in [-0.05, 0) is 47.9 Å². The highest BCUT2D eigenvalue weighted by atomic mass is 16.5. The average molecular weight is 269 g/mol. The van der Waals surface area contributed by atoms with Crippen molar-refractivity contribution in [2.24, 2.45) is 0 Å². The molecule has 1 aliphatic heterocycles. The van der Waals surface area contributed by atoms with Crippen molar-refractivity contribution in [3.8, 4) is 11.5 Å². The van der Waals surface area contributed by atoms with Gasteiger partial charge in [-0.15, -0.1) is 0 Å². The van der Waals surface area contributed by atoms with Crippen molar-refractivity contribution in [3.05, 3.63) is 53.6 Å². The van der Waals surface area contributed by atoms with Crippen LogP contribution >= 0.6 is 0 Å². The van der Waals surface area contributed by atoms with Crippen LogP contribution in [0.25, 0.3) is 0 Å². The molecule has 0 atom stereocenters. The van der Waals surface area contributed by atoms with Gasteiger partial charge in [-0.1, -0.05) is 18.2 Å². The highest BCUT2D eigenvalue weighted by Crippen LogP contribution is 2.24. The summed E-state index contributed by atoms with van der Waals surface area (Å²) in [5.41, 5.74) is 3.01. The van der Waals surface area contributed by atoms with Crippen molar-refractivity contribution < 1.29 is 14.4 Å². The minimum absolute atomic E-state index is 0.425. The van der Waals surface area contributed by atoms with E-state index >= 15 is 0 Å². The fourth-order valence-corrected chi connectivity index (χ4v) is 2.29. The van der Waals surface area contributed by atoms with Crippen LogP contribution in [-0.2, 0) is 17.8 Å². The quantitative estimate of drug-likeness (QED) is 0.824. The van der Waals surface area contributed by atoms with Crippen LogP contribution in [0.15, 0.2) is 42.5 Å². The summed E-state index contributed by atoms with van der Waals surface area (Å²) < 4.78 is 11.0. The Labute approximate surface area is 118 Å². The lowest BCUT2D eigenvalue weighted by molar-refractivity contribution is 0.275. The molecule has 0 aliphatic carbocycles. The lowest BCUT2D eigenvalue weighted by Crippen LogP contribution is -2.27. The van der Waals surface area contributed by atoms with Crippen molar-refractivity contribution in [2.75, 3.05) is 7.05 Å². The van der Waals surface area contributed by atoms with Gasteiger partial charge in [-0.3, -0.25) is 0 Å². The molecule has 1 heterocycles. The van der Waals surface area contributed by atoms with E-state index in [1.807, 2.05) is 49.5 Å². The summed E-state index contributed by atoms with van der Waals surface area (Å²) in [6, 6.07) is 13.6. The third-order valence-corrected chi connectivity index (χ3v) is 3.32. The number of fused-ring (bicyclic) bond motifs is 1. The number of hydrogen-bond donors (Lipinski definition) is 2. The molecule has 0 bridgehead atoms. The van der Waals surface area contributed by atoms with Crippen LogP contribution in [-0.4, -0.2) is 19.2 Å². The molecule has 0 spiro atoms. The average Bonchev–Trinajstić information content (AvgIpc) is 2.83. The van der Waals surface area contributed by atoms with E-state index in [2.05, 4.69) is 5.32 Å². The Hall–Kier alpha value is -1.82. The van der Waals surface area contributed by atoms with Gasteiger partial charge in [-0.25, -0.2) is 0 Å². The number of benzene rings is 2. The summed E-state index contributed by atoms with van der Waals surface area (Å²) in [6.07, 6.45) is 0. The molecule has 0 fully saturated rings. The largest absolute Gasteiger partial charge is 0.491 e. The van der Waals surface area contributed by atoms with Gasteiger partial charge in [0.05, 0.1) is 6.61 Å². The topological polar surface area (TPSA) is 50.7 Å². The Bertz CT molecular complexity index is 601. The molecule has 0 aromatic heterocycles. The number of hydrogen-bond acceptors (Lipinski definition) is 4. The van der Waals surface area contributed by atoms with Gasteiger partial charge in [-0.2, -0.15) is 0 Å². The molecule has 0 saturated heterocycles. The van der Waals surface area contributed by atoms with Gasteiger partial charge in [0.15, 0.2) is 0 Å². The highest BCUT2D eigenvalue weighted by Gasteiger charge is 2.27. The molecule has 1 aliphatic rings. The Kier molecular flexibility index (Phi) is 3.73. The van der Waals surface area contributed by atoms with Crippen molar-refractivity contribution in [1.82, 2.24) is 5.32 Å². The third-order valence-electron chi connectivity index (χ3n) is 3.32. The Morgan fingerprint density at radius 3 is 2.70 bits per heavy atom. The van der Waals surface area contributed by atoms with Crippen LogP contribution < -0.4 is 15.5 Å². The van der Waals surface area contributed by atoms with E-state index in [9.17, 15) is 5.02 Å². The highest BCUT2D eigenvalue weighted by molar-refractivity contribution is 6.61.